The van der Waals surface area contributed by atoms with Crippen molar-refractivity contribution in [3.63, 3.8) is 0 Å². The molecule has 3 heterocycles. The number of halogens is 1. The van der Waals surface area contributed by atoms with Gasteiger partial charge in [-0.1, -0.05) is 49.1 Å². The van der Waals surface area contributed by atoms with Crippen molar-refractivity contribution >= 4 is 39.6 Å². The molecule has 239 valence electrons. The number of aryl methyl sites for hydroxylation is 1. The van der Waals surface area contributed by atoms with Crippen LogP contribution in [0.5, 0.6) is 0 Å². The van der Waals surface area contributed by atoms with Crippen LogP contribution in [0.25, 0.3) is 55.6 Å². The van der Waals surface area contributed by atoms with E-state index in [2.05, 4.69) is 70.7 Å². The van der Waals surface area contributed by atoms with Crippen LogP contribution in [0.2, 0.25) is 17.3 Å². The third-order valence-electron chi connectivity index (χ3n) is 8.10. The Morgan fingerprint density at radius 1 is 0.787 bits per heavy atom. The first-order valence-corrected chi connectivity index (χ1v) is 22.8. The number of furan rings is 1. The molecule has 0 aliphatic carbocycles. The van der Waals surface area contributed by atoms with Crippen LogP contribution >= 0.6 is 0 Å². The van der Waals surface area contributed by atoms with Gasteiger partial charge in [-0.05, 0) is 53.0 Å². The molecule has 3 nitrogen and oxygen atoms in total. The zero-order valence-corrected chi connectivity index (χ0v) is 31.9. The quantitative estimate of drug-likeness (QED) is 0.128. The van der Waals surface area contributed by atoms with Gasteiger partial charge in [-0.3, -0.25) is 0 Å². The van der Waals surface area contributed by atoms with Gasteiger partial charge in [-0.2, -0.15) is 0 Å². The maximum atomic E-state index is 13.3. The molecular weight excluding hydrogens is 820 g/mol. The first-order chi connectivity index (χ1) is 22.4. The summed E-state index contributed by atoms with van der Waals surface area (Å²) in [5.41, 5.74) is 9.48. The SMILES string of the molecule is Cc1cc(-c2[c-]cccc2)nc[c]1[Ge]([CH3])([CH3])[CH3].[2H]C(C)(C)c1ccnc(-c2[c-]cc3oc4ccc(-c5ccc(F)cc5)cc4c3c2)c1.[Ir]. The number of nitrogens with zero attached hydrogens (tertiary/aromatic N) is 2. The zero-order chi connectivity index (χ0) is 33.3. The molecule has 0 fully saturated rings. The molecule has 0 saturated carbocycles. The summed E-state index contributed by atoms with van der Waals surface area (Å²) in [5, 5.41) is 1.96. The molecule has 0 saturated heterocycles. The normalized spacial score (nSPS) is 11.9. The minimum Gasteiger partial charge on any atom is -0.500 e. The molecule has 7 rings (SSSR count). The fourth-order valence-electron chi connectivity index (χ4n) is 5.62. The molecule has 0 bridgehead atoms. The Balaban J connectivity index is 0.000000214. The number of fused-ring (bicyclic) bond motifs is 3. The van der Waals surface area contributed by atoms with Crippen LogP contribution in [0.3, 0.4) is 0 Å². The van der Waals surface area contributed by atoms with Crippen molar-refractivity contribution in [2.24, 2.45) is 0 Å². The van der Waals surface area contributed by atoms with Crippen LogP contribution in [0, 0.1) is 24.9 Å². The van der Waals surface area contributed by atoms with Crippen molar-refractivity contribution in [1.29, 1.82) is 0 Å². The summed E-state index contributed by atoms with van der Waals surface area (Å²) in [6.07, 6.45) is 3.81. The summed E-state index contributed by atoms with van der Waals surface area (Å²) in [5.74, 6) is 6.25. The Morgan fingerprint density at radius 2 is 1.51 bits per heavy atom. The van der Waals surface area contributed by atoms with Crippen molar-refractivity contribution < 1.29 is 30.3 Å². The molecule has 4 aromatic carbocycles. The van der Waals surface area contributed by atoms with Crippen molar-refractivity contribution in [3.8, 4) is 33.6 Å². The summed E-state index contributed by atoms with van der Waals surface area (Å²) in [4.78, 5) is 9.08. The second-order valence-corrected chi connectivity index (χ2v) is 23.4. The summed E-state index contributed by atoms with van der Waals surface area (Å²) in [6, 6.07) is 36.8. The van der Waals surface area contributed by atoms with Crippen LogP contribution in [0.1, 0.15) is 32.2 Å². The minimum absolute atomic E-state index is 0. The Labute approximate surface area is 294 Å². The predicted molar refractivity (Wildman–Crippen MR) is 191 cm³/mol. The monoisotopic (exact) mass is 860 g/mol. The number of pyridine rings is 2. The molecule has 7 aromatic rings. The van der Waals surface area contributed by atoms with Crippen LogP contribution in [0.15, 0.2) is 114 Å². The van der Waals surface area contributed by atoms with Gasteiger partial charge in [0.2, 0.25) is 0 Å². The van der Waals surface area contributed by atoms with Gasteiger partial charge in [0, 0.05) is 33.1 Å². The Bertz CT molecular complexity index is 2190. The van der Waals surface area contributed by atoms with Gasteiger partial charge < -0.3 is 9.40 Å². The van der Waals surface area contributed by atoms with E-state index in [1.807, 2.05) is 68.4 Å². The number of aromatic nitrogens is 2. The van der Waals surface area contributed by atoms with Crippen molar-refractivity contribution in [2.75, 3.05) is 0 Å². The Kier molecular flexibility index (Phi) is 10.2. The summed E-state index contributed by atoms with van der Waals surface area (Å²) in [7, 11) is 0. The molecule has 0 atom stereocenters. The van der Waals surface area contributed by atoms with E-state index in [1.54, 1.807) is 18.3 Å². The van der Waals surface area contributed by atoms with Crippen molar-refractivity contribution in [3.05, 3.63) is 139 Å². The average molecular weight is 859 g/mol. The third kappa shape index (κ3) is 7.81. The number of rotatable bonds is 5. The van der Waals surface area contributed by atoms with Gasteiger partial charge in [0.15, 0.2) is 0 Å². The summed E-state index contributed by atoms with van der Waals surface area (Å²) in [6.45, 7) is 5.92. The predicted octanol–water partition coefficient (Wildman–Crippen LogP) is 10.8. The van der Waals surface area contributed by atoms with E-state index in [-0.39, 0.29) is 25.9 Å². The molecule has 47 heavy (non-hydrogen) atoms. The maximum Gasteiger partial charge on any atom is 0.123 e. The van der Waals surface area contributed by atoms with E-state index in [4.69, 9.17) is 5.79 Å². The van der Waals surface area contributed by atoms with Gasteiger partial charge in [0.1, 0.15) is 11.4 Å². The van der Waals surface area contributed by atoms with Gasteiger partial charge >= 0.3 is 106 Å². The second-order valence-electron chi connectivity index (χ2n) is 12.8. The second kappa shape index (κ2) is 14.5. The molecule has 0 amide bonds. The third-order valence-corrected chi connectivity index (χ3v) is 12.6. The smallest absolute Gasteiger partial charge is 0.123 e. The van der Waals surface area contributed by atoms with Gasteiger partial charge in [-0.15, -0.1) is 23.8 Å². The van der Waals surface area contributed by atoms with E-state index in [0.29, 0.717) is 0 Å². The van der Waals surface area contributed by atoms with E-state index in [1.165, 1.54) is 22.1 Å². The van der Waals surface area contributed by atoms with Crippen LogP contribution in [-0.4, -0.2) is 23.2 Å². The summed E-state index contributed by atoms with van der Waals surface area (Å²) >= 11 is -1.77. The molecule has 0 aliphatic rings. The first kappa shape index (κ1) is 33.0. The van der Waals surface area contributed by atoms with Crippen LogP contribution < -0.4 is 4.40 Å². The minimum atomic E-state index is -1.77. The maximum absolute atomic E-state index is 13.3. The van der Waals surface area contributed by atoms with E-state index >= 15 is 0 Å². The van der Waals surface area contributed by atoms with Crippen molar-refractivity contribution in [1.82, 2.24) is 9.97 Å². The van der Waals surface area contributed by atoms with Gasteiger partial charge in [-0.25, -0.2) is 4.39 Å². The molecule has 0 aliphatic heterocycles. The largest absolute Gasteiger partial charge is 0.500 e. The fraction of sp³-hybridized carbons (Fsp3) is 0.171. The van der Waals surface area contributed by atoms with E-state index < -0.39 is 19.2 Å². The molecule has 6 heteroatoms. The standard InChI is InChI=1S/C26H19FNO.C15H18GeN.Ir/c1-16(2)18-11-12-28-24(15-18)20-6-10-26-23(14-20)22-13-19(5-9-25(22)29-26)17-3-7-21(27)8-4-17;1-12-10-15(13-8-6-5-7-9-13)17-11-14(12)16(2,3)4;/h3-5,7-16H,1-2H3;5-8,10-11H,1-4H3;/q2*-1;/i16D;;. The molecule has 0 spiro atoms. The fourth-order valence-corrected chi connectivity index (χ4v) is 9.20. The average Bonchev–Trinajstić information content (AvgIpc) is 3.42. The topological polar surface area (TPSA) is 38.9 Å². The molecule has 0 unspecified atom stereocenters. The summed E-state index contributed by atoms with van der Waals surface area (Å²) < 4.78 is 29.1. The van der Waals surface area contributed by atoms with Crippen molar-refractivity contribution in [2.45, 2.75) is 43.9 Å². The molecular formula is C41H37FGeIrN2O-2. The molecule has 3 aromatic heterocycles. The Hall–Kier alpha value is -3.90. The molecule has 1 radical (unpaired) electrons. The first-order valence-electron chi connectivity index (χ1n) is 15.9. The van der Waals surface area contributed by atoms with Gasteiger partial charge in [0.25, 0.3) is 0 Å². The van der Waals surface area contributed by atoms with Gasteiger partial charge in [0.05, 0.1) is 5.58 Å². The number of hydrogen-bond donors (Lipinski definition) is 0. The zero-order valence-electron chi connectivity index (χ0n) is 28.4. The van der Waals surface area contributed by atoms with Crippen LogP contribution in [0.4, 0.5) is 4.39 Å². The Morgan fingerprint density at radius 3 is 2.19 bits per heavy atom. The van der Waals surface area contributed by atoms with E-state index in [0.717, 1.165) is 61.1 Å². The molecule has 0 N–H and O–H groups in total. The van der Waals surface area contributed by atoms with Crippen LogP contribution in [-0.2, 0) is 20.1 Å². The number of hydrogen-bond acceptors (Lipinski definition) is 3. The van der Waals surface area contributed by atoms with E-state index in [9.17, 15) is 4.39 Å². The number of benzene rings is 4.